The van der Waals surface area contributed by atoms with Gasteiger partial charge >= 0.3 is 0 Å². The van der Waals surface area contributed by atoms with Crippen LogP contribution in [0.25, 0.3) is 0 Å². The maximum absolute atomic E-state index is 11.1. The van der Waals surface area contributed by atoms with Gasteiger partial charge in [0.2, 0.25) is 0 Å². The topological polar surface area (TPSA) is 47.3 Å². The van der Waals surface area contributed by atoms with Crippen molar-refractivity contribution < 1.29 is 5.11 Å². The highest BCUT2D eigenvalue weighted by Gasteiger charge is 2.39. The molecule has 0 saturated carbocycles. The number of hydrogen-bond acceptors (Lipinski definition) is 4. The largest absolute Gasteiger partial charge is 0.385 e. The maximum Gasteiger partial charge on any atom is 0.108 e. The first-order chi connectivity index (χ1) is 17.5. The molecule has 2 aliphatic heterocycles. The summed E-state index contributed by atoms with van der Waals surface area (Å²) >= 11 is 7.87. The molecule has 36 heavy (non-hydrogen) atoms. The first-order valence-electron chi connectivity index (χ1n) is 13.0. The number of likely N-dealkylation sites (tertiary alicyclic amines) is 1. The molecule has 3 aromatic rings. The summed E-state index contributed by atoms with van der Waals surface area (Å²) in [5, 5.41) is 22.4. The van der Waals surface area contributed by atoms with Crippen molar-refractivity contribution in [2.24, 2.45) is 0 Å². The van der Waals surface area contributed by atoms with Gasteiger partial charge in [0.25, 0.3) is 0 Å². The third kappa shape index (κ3) is 5.08. The number of hydrogen-bond donors (Lipinski definition) is 1. The minimum Gasteiger partial charge on any atom is -0.385 e. The number of halogens is 1. The summed E-state index contributed by atoms with van der Waals surface area (Å²) in [6.45, 7) is 2.84. The van der Waals surface area contributed by atoms with Crippen molar-refractivity contribution in [3.05, 3.63) is 100 Å². The molecule has 3 aromatic carbocycles. The summed E-state index contributed by atoms with van der Waals surface area (Å²) < 4.78 is 0. The second kappa shape index (κ2) is 11.0. The van der Waals surface area contributed by atoms with Crippen LogP contribution in [-0.2, 0) is 16.8 Å². The Labute approximate surface area is 224 Å². The highest BCUT2D eigenvalue weighted by molar-refractivity contribution is 7.98. The van der Waals surface area contributed by atoms with Gasteiger partial charge in [-0.1, -0.05) is 79.0 Å². The van der Waals surface area contributed by atoms with E-state index in [0.29, 0.717) is 5.02 Å². The molecule has 3 nitrogen and oxygen atoms in total. The van der Waals surface area contributed by atoms with Gasteiger partial charge in [-0.25, -0.2) is 0 Å². The molecule has 1 atom stereocenters. The lowest BCUT2D eigenvalue weighted by atomic mass is 9.71. The quantitative estimate of drug-likeness (QED) is 0.335. The van der Waals surface area contributed by atoms with Crippen molar-refractivity contribution in [2.45, 2.75) is 60.2 Å². The van der Waals surface area contributed by atoms with Gasteiger partial charge < -0.3 is 10.0 Å². The summed E-state index contributed by atoms with van der Waals surface area (Å²) in [6, 6.07) is 27.4. The summed E-state index contributed by atoms with van der Waals surface area (Å²) in [5.41, 5.74) is 3.26. The van der Waals surface area contributed by atoms with E-state index < -0.39 is 11.0 Å². The number of rotatable bonds is 7. The van der Waals surface area contributed by atoms with Gasteiger partial charge in [0.1, 0.15) is 5.41 Å². The molecular formula is C31H33ClN2OS. The lowest BCUT2D eigenvalue weighted by molar-refractivity contribution is -0.0261. The van der Waals surface area contributed by atoms with Crippen molar-refractivity contribution in [2.75, 3.05) is 19.6 Å². The zero-order valence-electron chi connectivity index (χ0n) is 20.6. The van der Waals surface area contributed by atoms with E-state index in [0.717, 1.165) is 69.5 Å². The zero-order chi connectivity index (χ0) is 25.0. The smallest absolute Gasteiger partial charge is 0.108 e. The van der Waals surface area contributed by atoms with Gasteiger partial charge in [0.05, 0.1) is 11.7 Å². The predicted octanol–water partition coefficient (Wildman–Crippen LogP) is 7.30. The number of thioether (sulfide) groups is 1. The first-order valence-corrected chi connectivity index (χ1v) is 14.3. The van der Waals surface area contributed by atoms with Gasteiger partial charge in [-0.3, -0.25) is 0 Å². The van der Waals surface area contributed by atoms with Crippen LogP contribution in [-0.4, -0.2) is 29.6 Å². The molecule has 1 unspecified atom stereocenters. The molecule has 186 valence electrons. The maximum atomic E-state index is 11.1. The van der Waals surface area contributed by atoms with Crippen LogP contribution >= 0.6 is 23.4 Å². The number of benzene rings is 3. The van der Waals surface area contributed by atoms with E-state index in [-0.39, 0.29) is 0 Å². The number of nitrogens with zero attached hydrogens (tertiary/aromatic N) is 2. The van der Waals surface area contributed by atoms with Crippen molar-refractivity contribution in [3.63, 3.8) is 0 Å². The molecule has 1 N–H and O–H groups in total. The van der Waals surface area contributed by atoms with Crippen molar-refractivity contribution in [1.29, 1.82) is 5.26 Å². The van der Waals surface area contributed by atoms with E-state index in [9.17, 15) is 10.4 Å². The highest BCUT2D eigenvalue weighted by atomic mass is 35.5. The zero-order valence-corrected chi connectivity index (χ0v) is 22.2. The molecule has 0 aromatic heterocycles. The molecular weight excluding hydrogens is 484 g/mol. The molecule has 1 fully saturated rings. The van der Waals surface area contributed by atoms with E-state index in [1.165, 1.54) is 21.6 Å². The minimum absolute atomic E-state index is 0.586. The number of nitriles is 1. The Balaban J connectivity index is 1.18. The molecule has 0 aliphatic carbocycles. The number of aliphatic hydroxyl groups is 1. The van der Waals surface area contributed by atoms with Crippen LogP contribution in [0, 0.1) is 11.3 Å². The molecule has 0 amide bonds. The Hall–Kier alpha value is -2.29. The van der Waals surface area contributed by atoms with Crippen LogP contribution < -0.4 is 0 Å². The predicted molar refractivity (Wildman–Crippen MR) is 148 cm³/mol. The van der Waals surface area contributed by atoms with Gasteiger partial charge in [-0.05, 0) is 72.7 Å². The van der Waals surface area contributed by atoms with Crippen LogP contribution in [0.1, 0.15) is 60.8 Å². The standard InChI is InChI=1S/C31H33ClN2OS/c32-26-14-12-25(13-15-26)31(35)17-20-34(21-18-31)19-7-1-6-16-30(23-33)27-9-3-2-8-24(27)22-36-29-11-5-4-10-28(29)30/h2-5,8-15,35H,1,6-7,16-22H2. The molecule has 5 rings (SSSR count). The molecule has 1 saturated heterocycles. The summed E-state index contributed by atoms with van der Waals surface area (Å²) in [6.07, 6.45) is 5.56. The Morgan fingerprint density at radius 3 is 2.33 bits per heavy atom. The summed E-state index contributed by atoms with van der Waals surface area (Å²) in [7, 11) is 0. The van der Waals surface area contributed by atoms with Gasteiger partial charge in [-0.15, -0.1) is 11.8 Å². The molecule has 2 aliphatic rings. The van der Waals surface area contributed by atoms with Crippen molar-refractivity contribution in [3.8, 4) is 6.07 Å². The third-order valence-corrected chi connectivity index (χ3v) is 9.36. The number of unbranched alkanes of at least 4 members (excludes halogenated alkanes) is 2. The fourth-order valence-corrected chi connectivity index (χ4v) is 7.11. The number of piperidine rings is 1. The van der Waals surface area contributed by atoms with Crippen molar-refractivity contribution in [1.82, 2.24) is 4.90 Å². The van der Waals surface area contributed by atoms with Gasteiger partial charge in [0.15, 0.2) is 0 Å². The fourth-order valence-electron chi connectivity index (χ4n) is 5.85. The molecule has 0 radical (unpaired) electrons. The Bertz CT molecular complexity index is 1180. The fraction of sp³-hybridized carbons (Fsp3) is 0.387. The molecule has 0 bridgehead atoms. The Kier molecular flexibility index (Phi) is 7.74. The van der Waals surface area contributed by atoms with Crippen LogP contribution in [0.3, 0.4) is 0 Å². The lowest BCUT2D eigenvalue weighted by Gasteiger charge is -2.38. The van der Waals surface area contributed by atoms with E-state index in [4.69, 9.17) is 11.6 Å². The third-order valence-electron chi connectivity index (χ3n) is 7.99. The Morgan fingerprint density at radius 1 is 0.889 bits per heavy atom. The lowest BCUT2D eigenvalue weighted by Crippen LogP contribution is -2.42. The summed E-state index contributed by atoms with van der Waals surface area (Å²) in [4.78, 5) is 3.70. The first kappa shape index (κ1) is 25.4. The highest BCUT2D eigenvalue weighted by Crippen LogP contribution is 2.47. The van der Waals surface area contributed by atoms with E-state index in [2.05, 4.69) is 59.5 Å². The van der Waals surface area contributed by atoms with Crippen LogP contribution in [0.4, 0.5) is 0 Å². The SMILES string of the molecule is N#CC1(CCCCCN2CCC(O)(c3ccc(Cl)cc3)CC2)c2ccccc2CSc2ccccc21. The Morgan fingerprint density at radius 2 is 1.58 bits per heavy atom. The minimum atomic E-state index is -0.751. The average molecular weight is 517 g/mol. The van der Waals surface area contributed by atoms with Crippen LogP contribution in [0.15, 0.2) is 77.7 Å². The van der Waals surface area contributed by atoms with Gasteiger partial charge in [-0.2, -0.15) is 5.26 Å². The normalized spacial score (nSPS) is 21.1. The monoisotopic (exact) mass is 516 g/mol. The summed E-state index contributed by atoms with van der Waals surface area (Å²) in [5.74, 6) is 0.911. The van der Waals surface area contributed by atoms with Crippen LogP contribution in [0.5, 0.6) is 0 Å². The molecule has 5 heteroatoms. The van der Waals surface area contributed by atoms with Crippen molar-refractivity contribution >= 4 is 23.4 Å². The average Bonchev–Trinajstić information content (AvgIpc) is 3.05. The van der Waals surface area contributed by atoms with E-state index in [1.54, 1.807) is 0 Å². The van der Waals surface area contributed by atoms with Gasteiger partial charge in [0, 0.05) is 28.8 Å². The second-order valence-electron chi connectivity index (χ2n) is 10.1. The molecule has 0 spiro atoms. The van der Waals surface area contributed by atoms with E-state index >= 15 is 0 Å². The molecule has 2 heterocycles. The van der Waals surface area contributed by atoms with Crippen LogP contribution in [0.2, 0.25) is 5.02 Å². The second-order valence-corrected chi connectivity index (χ2v) is 11.6. The van der Waals surface area contributed by atoms with E-state index in [1.807, 2.05) is 36.0 Å². The number of fused-ring (bicyclic) bond motifs is 2.